The van der Waals surface area contributed by atoms with Gasteiger partial charge in [0.05, 0.1) is 11.3 Å². The second-order valence-electron chi connectivity index (χ2n) is 7.73. The molecule has 32 heavy (non-hydrogen) atoms. The summed E-state index contributed by atoms with van der Waals surface area (Å²) in [6, 6.07) is 20.2. The van der Waals surface area contributed by atoms with Gasteiger partial charge in [-0.05, 0) is 61.7 Å². The van der Waals surface area contributed by atoms with Crippen molar-refractivity contribution in [2.24, 2.45) is 0 Å². The number of carbonyl (C=O) groups is 1. The maximum atomic E-state index is 10.0. The van der Waals surface area contributed by atoms with Gasteiger partial charge in [0, 0.05) is 44.3 Å². The van der Waals surface area contributed by atoms with E-state index in [1.165, 1.54) is 42.3 Å². The van der Waals surface area contributed by atoms with E-state index < -0.39 is 0 Å². The molecule has 0 fully saturated rings. The molecule has 4 rings (SSSR count). The predicted molar refractivity (Wildman–Crippen MR) is 127 cm³/mol. The van der Waals surface area contributed by atoms with E-state index in [-0.39, 0.29) is 31.6 Å². The number of fused-ring (bicyclic) bond motifs is 1. The standard InChI is InChI=1S/C22H19N2.C5H8O2.Ir/c1-15-6-7-18(12-16(15)2)20-9-8-19-13-17(3)22(14-21(19)23-20)24-10-4-5-11-24;1-4(6)3-5(2)7;/h4-6,8-14H,1-3H3;3,6H,1-2H3;/q-1;;/b;4-3-;. The Balaban J connectivity index is 0.000000398. The quantitative estimate of drug-likeness (QED) is 0.166. The first kappa shape index (κ1) is 25.3. The summed E-state index contributed by atoms with van der Waals surface area (Å²) in [7, 11) is 0. The largest absolute Gasteiger partial charge is 0.512 e. The van der Waals surface area contributed by atoms with E-state index >= 15 is 0 Å². The van der Waals surface area contributed by atoms with Crippen LogP contribution in [0.2, 0.25) is 0 Å². The van der Waals surface area contributed by atoms with E-state index in [2.05, 4.69) is 74.1 Å². The van der Waals surface area contributed by atoms with Gasteiger partial charge in [0.15, 0.2) is 5.78 Å². The molecule has 0 amide bonds. The molecule has 2 aromatic heterocycles. The number of pyridine rings is 1. The molecule has 167 valence electrons. The summed E-state index contributed by atoms with van der Waals surface area (Å²) in [6.45, 7) is 9.22. The average molecular weight is 604 g/mol. The van der Waals surface area contributed by atoms with Crippen LogP contribution in [0.15, 0.2) is 72.8 Å². The summed E-state index contributed by atoms with van der Waals surface area (Å²) in [5.74, 6) is -0.0625. The molecule has 1 radical (unpaired) electrons. The van der Waals surface area contributed by atoms with Crippen molar-refractivity contribution in [2.75, 3.05) is 0 Å². The van der Waals surface area contributed by atoms with Crippen LogP contribution in [-0.4, -0.2) is 20.4 Å². The van der Waals surface area contributed by atoms with Crippen molar-refractivity contribution in [3.05, 3.63) is 95.5 Å². The van der Waals surface area contributed by atoms with Gasteiger partial charge in [-0.3, -0.25) is 9.78 Å². The Bertz CT molecular complexity index is 1250. The van der Waals surface area contributed by atoms with Gasteiger partial charge in [0.2, 0.25) is 0 Å². The zero-order chi connectivity index (χ0) is 22.5. The number of allylic oxidation sites excluding steroid dienone is 2. The van der Waals surface area contributed by atoms with Crippen molar-refractivity contribution in [2.45, 2.75) is 34.6 Å². The zero-order valence-corrected chi connectivity index (χ0v) is 21.3. The molecule has 4 aromatic rings. The third kappa shape index (κ3) is 6.25. The van der Waals surface area contributed by atoms with Crippen LogP contribution in [0.3, 0.4) is 0 Å². The van der Waals surface area contributed by atoms with Crippen molar-refractivity contribution < 1.29 is 30.0 Å². The molecule has 2 heterocycles. The van der Waals surface area contributed by atoms with Gasteiger partial charge in [-0.1, -0.05) is 26.0 Å². The number of carbonyl (C=O) groups excluding carboxylic acids is 1. The van der Waals surface area contributed by atoms with Crippen LogP contribution in [0.4, 0.5) is 0 Å². The van der Waals surface area contributed by atoms with Crippen molar-refractivity contribution >= 4 is 16.7 Å². The summed E-state index contributed by atoms with van der Waals surface area (Å²) in [5.41, 5.74) is 7.95. The van der Waals surface area contributed by atoms with Gasteiger partial charge in [0.1, 0.15) is 0 Å². The Morgan fingerprint density at radius 3 is 2.25 bits per heavy atom. The first-order valence-corrected chi connectivity index (χ1v) is 10.2. The summed E-state index contributed by atoms with van der Waals surface area (Å²) in [4.78, 5) is 14.9. The van der Waals surface area contributed by atoms with E-state index in [4.69, 9.17) is 10.1 Å². The molecule has 0 bridgehead atoms. The van der Waals surface area contributed by atoms with Crippen LogP contribution in [-0.2, 0) is 24.9 Å². The number of aromatic nitrogens is 2. The molecule has 0 aliphatic carbocycles. The van der Waals surface area contributed by atoms with Crippen molar-refractivity contribution in [1.82, 2.24) is 9.55 Å². The normalized spacial score (nSPS) is 10.8. The molecule has 0 spiro atoms. The SMILES string of the molecule is CC(=O)/C=C(/C)O.Cc1c[c-]c(-c2ccc3cc(C)c(-n4cccc4)cc3n2)cc1C.[Ir]. The number of ketones is 1. The number of hydrogen-bond acceptors (Lipinski definition) is 3. The smallest absolute Gasteiger partial charge is 0.155 e. The fraction of sp³-hybridized carbons (Fsp3) is 0.185. The number of rotatable bonds is 3. The predicted octanol–water partition coefficient (Wildman–Crippen LogP) is 6.45. The Morgan fingerprint density at radius 2 is 1.69 bits per heavy atom. The van der Waals surface area contributed by atoms with Crippen molar-refractivity contribution in [3.63, 3.8) is 0 Å². The van der Waals surface area contributed by atoms with E-state index in [9.17, 15) is 4.79 Å². The average Bonchev–Trinajstić information content (AvgIpc) is 3.23. The van der Waals surface area contributed by atoms with E-state index in [0.29, 0.717) is 0 Å². The first-order valence-electron chi connectivity index (χ1n) is 10.2. The number of hydrogen-bond donors (Lipinski definition) is 1. The molecule has 0 aliphatic heterocycles. The number of aliphatic hydroxyl groups excluding tert-OH is 1. The Labute approximate surface area is 203 Å². The maximum absolute atomic E-state index is 10.0. The van der Waals surface area contributed by atoms with Crippen molar-refractivity contribution in [1.29, 1.82) is 0 Å². The Kier molecular flexibility index (Phi) is 8.71. The summed E-state index contributed by atoms with van der Waals surface area (Å²) < 4.78 is 2.13. The molecule has 5 heteroatoms. The molecular weight excluding hydrogens is 577 g/mol. The van der Waals surface area contributed by atoms with Crippen LogP contribution < -0.4 is 0 Å². The van der Waals surface area contributed by atoms with E-state index in [1.54, 1.807) is 0 Å². The van der Waals surface area contributed by atoms with Gasteiger partial charge < -0.3 is 9.67 Å². The van der Waals surface area contributed by atoms with Gasteiger partial charge >= 0.3 is 0 Å². The molecule has 0 saturated carbocycles. The summed E-state index contributed by atoms with van der Waals surface area (Å²) in [5, 5.41) is 9.53. The maximum Gasteiger partial charge on any atom is 0.155 e. The number of aliphatic hydroxyl groups is 1. The van der Waals surface area contributed by atoms with E-state index in [0.717, 1.165) is 22.2 Å². The van der Waals surface area contributed by atoms with Crippen LogP contribution in [0.1, 0.15) is 30.5 Å². The second-order valence-corrected chi connectivity index (χ2v) is 7.73. The molecule has 4 nitrogen and oxygen atoms in total. The molecule has 2 aromatic carbocycles. The monoisotopic (exact) mass is 604 g/mol. The minimum Gasteiger partial charge on any atom is -0.512 e. The third-order valence-corrected chi connectivity index (χ3v) is 5.00. The molecular formula is C27H27IrN2O2-. The van der Waals surface area contributed by atoms with E-state index in [1.807, 2.05) is 18.2 Å². The molecule has 0 unspecified atom stereocenters. The van der Waals surface area contributed by atoms with Crippen LogP contribution >= 0.6 is 0 Å². The summed E-state index contributed by atoms with van der Waals surface area (Å²) >= 11 is 0. The van der Waals surface area contributed by atoms with Gasteiger partial charge in [-0.2, -0.15) is 0 Å². The zero-order valence-electron chi connectivity index (χ0n) is 18.9. The molecule has 0 aliphatic rings. The number of benzene rings is 2. The van der Waals surface area contributed by atoms with Gasteiger partial charge in [-0.15, -0.1) is 34.9 Å². The third-order valence-electron chi connectivity index (χ3n) is 5.00. The fourth-order valence-corrected chi connectivity index (χ4v) is 3.31. The molecule has 0 saturated heterocycles. The first-order chi connectivity index (χ1) is 14.7. The molecule has 0 atom stereocenters. The number of aryl methyl sites for hydroxylation is 3. The summed E-state index contributed by atoms with van der Waals surface area (Å²) in [6.07, 6.45) is 5.30. The van der Waals surface area contributed by atoms with Crippen molar-refractivity contribution in [3.8, 4) is 16.9 Å². The van der Waals surface area contributed by atoms with Crippen LogP contribution in [0.5, 0.6) is 0 Å². The van der Waals surface area contributed by atoms with Gasteiger partial charge in [0.25, 0.3) is 0 Å². The Morgan fingerprint density at radius 1 is 1.00 bits per heavy atom. The van der Waals surface area contributed by atoms with Gasteiger partial charge in [-0.25, -0.2) is 0 Å². The topological polar surface area (TPSA) is 55.1 Å². The fourth-order valence-electron chi connectivity index (χ4n) is 3.31. The minimum atomic E-state index is -0.125. The van der Waals surface area contributed by atoms with Crippen LogP contribution in [0.25, 0.3) is 27.8 Å². The van der Waals surface area contributed by atoms with Crippen LogP contribution in [0, 0.1) is 26.8 Å². The Hall–Kier alpha value is -3.01. The second kappa shape index (κ2) is 11.0. The number of nitrogens with zero attached hydrogens (tertiary/aromatic N) is 2. The minimum absolute atomic E-state index is 0. The molecule has 1 N–H and O–H groups in total.